The minimum absolute atomic E-state index is 1.06. The molecule has 0 saturated heterocycles. The molecule has 0 aliphatic heterocycles. The van der Waals surface area contributed by atoms with E-state index in [0.29, 0.717) is 0 Å². The van der Waals surface area contributed by atoms with Crippen LogP contribution in [0.5, 0.6) is 0 Å². The molecule has 0 spiro atoms. The maximum Gasteiger partial charge on any atom is 0.126 e. The predicted molar refractivity (Wildman–Crippen MR) is 46.7 cm³/mol. The van der Waals surface area contributed by atoms with Crippen molar-refractivity contribution in [2.75, 3.05) is 0 Å². The van der Waals surface area contributed by atoms with E-state index < -0.39 is 0 Å². The van der Waals surface area contributed by atoms with E-state index in [2.05, 4.69) is 33.9 Å². The summed E-state index contributed by atoms with van der Waals surface area (Å²) in [7, 11) is 0. The number of aryl methyl sites for hydroxylation is 1. The lowest BCUT2D eigenvalue weighted by Gasteiger charge is -1.60. The van der Waals surface area contributed by atoms with Gasteiger partial charge < -0.3 is 4.52 Å². The SMILES string of the molecule is Cc1cnoc1.c1cc2cc-2c1. The van der Waals surface area contributed by atoms with Gasteiger partial charge in [0.25, 0.3) is 0 Å². The van der Waals surface area contributed by atoms with Gasteiger partial charge in [0.2, 0.25) is 0 Å². The summed E-state index contributed by atoms with van der Waals surface area (Å²) in [6.45, 7) is 1.93. The van der Waals surface area contributed by atoms with Gasteiger partial charge in [-0.3, -0.25) is 0 Å². The van der Waals surface area contributed by atoms with E-state index in [1.165, 1.54) is 11.1 Å². The van der Waals surface area contributed by atoms with Crippen LogP contribution < -0.4 is 0 Å². The maximum atomic E-state index is 4.46. The van der Waals surface area contributed by atoms with Crippen molar-refractivity contribution in [2.24, 2.45) is 0 Å². The Balaban J connectivity index is 0.0000000939. The molecule has 2 nitrogen and oxygen atoms in total. The second-order valence-electron chi connectivity index (χ2n) is 2.78. The van der Waals surface area contributed by atoms with Gasteiger partial charge in [-0.1, -0.05) is 23.4 Å². The van der Waals surface area contributed by atoms with Crippen molar-refractivity contribution in [1.82, 2.24) is 5.16 Å². The summed E-state index contributed by atoms with van der Waals surface area (Å²) >= 11 is 0. The first-order valence-electron chi connectivity index (χ1n) is 3.83. The molecule has 0 amide bonds. The van der Waals surface area contributed by atoms with Crippen LogP contribution >= 0.6 is 0 Å². The molecule has 0 bridgehead atoms. The smallest absolute Gasteiger partial charge is 0.126 e. The van der Waals surface area contributed by atoms with Gasteiger partial charge in [-0.15, -0.1) is 0 Å². The van der Waals surface area contributed by atoms with Gasteiger partial charge in [0.15, 0.2) is 0 Å². The number of fused-ring (bicyclic) bond motifs is 1. The summed E-state index contributed by atoms with van der Waals surface area (Å²) in [6.07, 6.45) is 3.26. The third-order valence-electron chi connectivity index (χ3n) is 1.67. The molecule has 0 fully saturated rings. The van der Waals surface area contributed by atoms with Crippen molar-refractivity contribution in [3.63, 3.8) is 0 Å². The van der Waals surface area contributed by atoms with E-state index in [4.69, 9.17) is 0 Å². The molecule has 2 aliphatic carbocycles. The Kier molecular flexibility index (Phi) is 1.67. The van der Waals surface area contributed by atoms with Crippen molar-refractivity contribution >= 4 is 0 Å². The molecule has 1 aromatic heterocycles. The van der Waals surface area contributed by atoms with Gasteiger partial charge in [-0.25, -0.2) is 0 Å². The second kappa shape index (κ2) is 2.81. The molecule has 60 valence electrons. The van der Waals surface area contributed by atoms with Crippen LogP contribution in [0.3, 0.4) is 0 Å². The van der Waals surface area contributed by atoms with E-state index in [0.717, 1.165) is 5.56 Å². The minimum Gasteiger partial charge on any atom is -0.365 e. The first-order valence-corrected chi connectivity index (χ1v) is 3.83. The molecule has 0 N–H and O–H groups in total. The third-order valence-corrected chi connectivity index (χ3v) is 1.67. The highest BCUT2D eigenvalue weighted by atomic mass is 16.5. The average Bonchev–Trinajstić information content (AvgIpc) is 2.55. The van der Waals surface area contributed by atoms with Crippen LogP contribution in [-0.4, -0.2) is 5.16 Å². The predicted octanol–water partition coefficient (Wildman–Crippen LogP) is 2.65. The molecule has 0 aromatic carbocycles. The van der Waals surface area contributed by atoms with E-state index in [9.17, 15) is 0 Å². The zero-order valence-electron chi connectivity index (χ0n) is 6.82. The normalized spacial score (nSPS) is 10.1. The molecule has 0 saturated carbocycles. The van der Waals surface area contributed by atoms with E-state index in [-0.39, 0.29) is 0 Å². The van der Waals surface area contributed by atoms with Crippen LogP contribution in [0.4, 0.5) is 0 Å². The number of hydrogen-bond donors (Lipinski definition) is 0. The molecule has 12 heavy (non-hydrogen) atoms. The first kappa shape index (κ1) is 7.10. The van der Waals surface area contributed by atoms with Crippen molar-refractivity contribution in [1.29, 1.82) is 0 Å². The van der Waals surface area contributed by atoms with Crippen LogP contribution in [0, 0.1) is 6.92 Å². The standard InChI is InChI=1S/C6H4.C4H5NO/c1-2-5-4-6(5)3-1;1-4-2-5-6-3-4/h1-4H;2-3H,1H3. The van der Waals surface area contributed by atoms with Crippen molar-refractivity contribution in [3.8, 4) is 11.1 Å². The van der Waals surface area contributed by atoms with E-state index in [1.807, 2.05) is 6.92 Å². The summed E-state index contributed by atoms with van der Waals surface area (Å²) < 4.78 is 4.46. The van der Waals surface area contributed by atoms with Crippen molar-refractivity contribution in [2.45, 2.75) is 6.92 Å². The molecular formula is C10H9NO. The Bertz CT molecular complexity index is 348. The molecule has 0 atom stereocenters. The summed E-state index contributed by atoms with van der Waals surface area (Å²) in [5.74, 6) is 0. The fourth-order valence-electron chi connectivity index (χ4n) is 0.933. The molecule has 3 rings (SSSR count). The quantitative estimate of drug-likeness (QED) is 0.504. The molecule has 0 radical (unpaired) electrons. The van der Waals surface area contributed by atoms with Gasteiger partial charge >= 0.3 is 0 Å². The highest BCUT2D eigenvalue weighted by Gasteiger charge is 2.06. The molecular weight excluding hydrogens is 150 g/mol. The monoisotopic (exact) mass is 159 g/mol. The lowest BCUT2D eigenvalue weighted by molar-refractivity contribution is 0.419. The number of hydrogen-bond acceptors (Lipinski definition) is 2. The summed E-state index contributed by atoms with van der Waals surface area (Å²) in [4.78, 5) is 0. The van der Waals surface area contributed by atoms with E-state index in [1.54, 1.807) is 12.5 Å². The highest BCUT2D eigenvalue weighted by molar-refractivity contribution is 5.80. The van der Waals surface area contributed by atoms with E-state index >= 15 is 0 Å². The minimum atomic E-state index is 1.06. The fraction of sp³-hybridized carbons (Fsp3) is 0.100. The third kappa shape index (κ3) is 1.53. The summed E-state index contributed by atoms with van der Waals surface area (Å²) in [5, 5.41) is 3.45. The molecule has 2 aliphatic rings. The van der Waals surface area contributed by atoms with Crippen LogP contribution in [0.2, 0.25) is 0 Å². The zero-order chi connectivity index (χ0) is 8.39. The first-order chi connectivity index (χ1) is 5.86. The second-order valence-corrected chi connectivity index (χ2v) is 2.78. The van der Waals surface area contributed by atoms with Gasteiger partial charge in [0.05, 0.1) is 6.20 Å². The van der Waals surface area contributed by atoms with Gasteiger partial charge in [-0.05, 0) is 24.1 Å². The molecule has 0 unspecified atom stereocenters. The number of nitrogens with zero attached hydrogens (tertiary/aromatic N) is 1. The van der Waals surface area contributed by atoms with Crippen LogP contribution in [0.15, 0.2) is 41.2 Å². The molecule has 2 heteroatoms. The van der Waals surface area contributed by atoms with Crippen molar-refractivity contribution < 1.29 is 4.52 Å². The Hall–Kier alpha value is -1.57. The maximum absolute atomic E-state index is 4.46. The Morgan fingerprint density at radius 1 is 1.25 bits per heavy atom. The lowest BCUT2D eigenvalue weighted by Crippen LogP contribution is -1.50. The van der Waals surface area contributed by atoms with Crippen LogP contribution in [-0.2, 0) is 0 Å². The van der Waals surface area contributed by atoms with Gasteiger partial charge in [0, 0.05) is 5.56 Å². The highest BCUT2D eigenvalue weighted by Crippen LogP contribution is 2.32. The molecule has 1 aromatic rings. The van der Waals surface area contributed by atoms with Crippen molar-refractivity contribution in [3.05, 3.63) is 42.3 Å². The number of aromatic nitrogens is 1. The van der Waals surface area contributed by atoms with Gasteiger partial charge in [0.1, 0.15) is 6.26 Å². The van der Waals surface area contributed by atoms with Crippen LogP contribution in [0.1, 0.15) is 5.56 Å². The Morgan fingerprint density at radius 2 is 2.00 bits per heavy atom. The van der Waals surface area contributed by atoms with Gasteiger partial charge in [-0.2, -0.15) is 0 Å². The average molecular weight is 159 g/mol. The van der Waals surface area contributed by atoms with Crippen LogP contribution in [0.25, 0.3) is 11.1 Å². The largest absolute Gasteiger partial charge is 0.365 e. The Morgan fingerprint density at radius 3 is 2.17 bits per heavy atom. The fourth-order valence-corrected chi connectivity index (χ4v) is 0.933. The Labute approximate surface area is 70.8 Å². The summed E-state index contributed by atoms with van der Waals surface area (Å²) in [6, 6.07) is 8.48. The topological polar surface area (TPSA) is 26.0 Å². The number of rotatable bonds is 0. The lowest BCUT2D eigenvalue weighted by atomic mass is 10.4. The zero-order valence-corrected chi connectivity index (χ0v) is 6.82. The number of benzene rings is 1. The molecule has 1 heterocycles. The summed E-state index contributed by atoms with van der Waals surface area (Å²) in [5.41, 5.74) is 3.92.